The van der Waals surface area contributed by atoms with Crippen molar-refractivity contribution < 1.29 is 0 Å². The molecule has 3 rings (SSSR count). The first-order chi connectivity index (χ1) is 9.72. The molecular formula is C16H22N4. The number of hydrogen-bond donors (Lipinski definition) is 2. The third kappa shape index (κ3) is 2.92. The van der Waals surface area contributed by atoms with Crippen molar-refractivity contribution >= 4 is 0 Å². The van der Waals surface area contributed by atoms with E-state index in [1.807, 2.05) is 6.20 Å². The number of aromatic amines is 1. The first kappa shape index (κ1) is 13.3. The quantitative estimate of drug-likeness (QED) is 0.898. The Morgan fingerprint density at radius 3 is 3.10 bits per heavy atom. The summed E-state index contributed by atoms with van der Waals surface area (Å²) in [5.41, 5.74) is 4.93. The smallest absolute Gasteiger partial charge is 0.0695 e. The van der Waals surface area contributed by atoms with Crippen LogP contribution in [0.4, 0.5) is 0 Å². The fourth-order valence-corrected chi connectivity index (χ4v) is 2.88. The molecule has 0 bridgehead atoms. The fourth-order valence-electron chi connectivity index (χ4n) is 2.88. The molecule has 0 unspecified atom stereocenters. The first-order valence-corrected chi connectivity index (χ1v) is 7.27. The van der Waals surface area contributed by atoms with Crippen LogP contribution >= 0.6 is 0 Å². The van der Waals surface area contributed by atoms with E-state index in [2.05, 4.69) is 58.5 Å². The van der Waals surface area contributed by atoms with Gasteiger partial charge in [-0.15, -0.1) is 0 Å². The Labute approximate surface area is 120 Å². The molecule has 1 aliphatic heterocycles. The van der Waals surface area contributed by atoms with Crippen LogP contribution < -0.4 is 5.32 Å². The van der Waals surface area contributed by atoms with Crippen LogP contribution in [0.2, 0.25) is 0 Å². The molecule has 0 amide bonds. The maximum atomic E-state index is 4.25. The number of rotatable bonds is 3. The highest BCUT2D eigenvalue weighted by Gasteiger charge is 2.18. The Kier molecular flexibility index (Phi) is 3.85. The van der Waals surface area contributed by atoms with Crippen LogP contribution in [0.15, 0.2) is 30.5 Å². The molecule has 1 saturated heterocycles. The molecule has 0 saturated carbocycles. The van der Waals surface area contributed by atoms with E-state index in [0.717, 1.165) is 31.9 Å². The average Bonchev–Trinajstić information content (AvgIpc) is 2.87. The second kappa shape index (κ2) is 5.77. The summed E-state index contributed by atoms with van der Waals surface area (Å²) in [7, 11) is 0. The summed E-state index contributed by atoms with van der Waals surface area (Å²) in [6.45, 7) is 8.59. The highest BCUT2D eigenvalue weighted by molar-refractivity contribution is 5.63. The number of nitrogens with zero attached hydrogens (tertiary/aromatic N) is 2. The zero-order valence-corrected chi connectivity index (χ0v) is 12.2. The van der Waals surface area contributed by atoms with E-state index < -0.39 is 0 Å². The van der Waals surface area contributed by atoms with Crippen molar-refractivity contribution in [2.24, 2.45) is 0 Å². The van der Waals surface area contributed by atoms with Gasteiger partial charge in [-0.2, -0.15) is 5.10 Å². The molecule has 1 fully saturated rings. The summed E-state index contributed by atoms with van der Waals surface area (Å²) in [5.74, 6) is 0. The van der Waals surface area contributed by atoms with Crippen molar-refractivity contribution in [3.8, 4) is 11.3 Å². The summed E-state index contributed by atoms with van der Waals surface area (Å²) in [6.07, 6.45) is 1.96. The molecule has 1 atom stereocenters. The van der Waals surface area contributed by atoms with Gasteiger partial charge in [0.05, 0.1) is 11.9 Å². The minimum absolute atomic E-state index is 0.568. The van der Waals surface area contributed by atoms with Crippen LogP contribution in [0.25, 0.3) is 11.3 Å². The monoisotopic (exact) mass is 270 g/mol. The SMILES string of the molecule is Cc1cccc(-c2[nH]ncc2CN2CCN[C@@H](C)C2)c1. The maximum absolute atomic E-state index is 4.25. The number of H-pyrrole nitrogens is 1. The lowest BCUT2D eigenvalue weighted by Crippen LogP contribution is -2.48. The number of benzene rings is 1. The second-order valence-electron chi connectivity index (χ2n) is 5.73. The molecular weight excluding hydrogens is 248 g/mol. The number of aromatic nitrogens is 2. The van der Waals surface area contributed by atoms with E-state index in [9.17, 15) is 0 Å². The predicted octanol–water partition coefficient (Wildman–Crippen LogP) is 2.18. The zero-order valence-electron chi connectivity index (χ0n) is 12.2. The van der Waals surface area contributed by atoms with Gasteiger partial charge < -0.3 is 5.32 Å². The standard InChI is InChI=1S/C16H22N4/c1-12-4-3-5-14(8-12)16-15(9-18-19-16)11-20-7-6-17-13(2)10-20/h3-5,8-9,13,17H,6-7,10-11H2,1-2H3,(H,18,19)/t13-/m0/s1. The third-order valence-corrected chi connectivity index (χ3v) is 3.87. The van der Waals surface area contributed by atoms with E-state index in [4.69, 9.17) is 0 Å². The Morgan fingerprint density at radius 2 is 2.30 bits per heavy atom. The lowest BCUT2D eigenvalue weighted by Gasteiger charge is -2.31. The highest BCUT2D eigenvalue weighted by Crippen LogP contribution is 2.23. The van der Waals surface area contributed by atoms with Gasteiger partial charge in [-0.25, -0.2) is 0 Å². The molecule has 0 spiro atoms. The summed E-state index contributed by atoms with van der Waals surface area (Å²) in [5, 5.41) is 10.9. The molecule has 1 aromatic heterocycles. The van der Waals surface area contributed by atoms with Gasteiger partial charge in [0.15, 0.2) is 0 Å². The lowest BCUT2D eigenvalue weighted by molar-refractivity contribution is 0.200. The largest absolute Gasteiger partial charge is 0.312 e. The minimum Gasteiger partial charge on any atom is -0.312 e. The van der Waals surface area contributed by atoms with E-state index in [1.54, 1.807) is 0 Å². The van der Waals surface area contributed by atoms with Crippen LogP contribution in [0.3, 0.4) is 0 Å². The Balaban J connectivity index is 1.80. The lowest BCUT2D eigenvalue weighted by atomic mass is 10.1. The molecule has 0 aliphatic carbocycles. The van der Waals surface area contributed by atoms with E-state index in [1.165, 1.54) is 16.7 Å². The number of hydrogen-bond acceptors (Lipinski definition) is 3. The first-order valence-electron chi connectivity index (χ1n) is 7.27. The van der Waals surface area contributed by atoms with Crippen LogP contribution in [-0.4, -0.2) is 40.8 Å². The van der Waals surface area contributed by atoms with Crippen molar-refractivity contribution in [2.75, 3.05) is 19.6 Å². The van der Waals surface area contributed by atoms with Gasteiger partial charge in [0.2, 0.25) is 0 Å². The molecule has 2 N–H and O–H groups in total. The summed E-state index contributed by atoms with van der Waals surface area (Å²) < 4.78 is 0. The van der Waals surface area contributed by atoms with Gasteiger partial charge >= 0.3 is 0 Å². The van der Waals surface area contributed by atoms with Crippen LogP contribution in [0, 0.1) is 6.92 Å². The molecule has 20 heavy (non-hydrogen) atoms. The third-order valence-electron chi connectivity index (χ3n) is 3.87. The average molecular weight is 270 g/mol. The van der Waals surface area contributed by atoms with E-state index >= 15 is 0 Å². The zero-order chi connectivity index (χ0) is 13.9. The molecule has 2 heterocycles. The number of aryl methyl sites for hydroxylation is 1. The maximum Gasteiger partial charge on any atom is 0.0695 e. The van der Waals surface area contributed by atoms with Crippen molar-refractivity contribution in [3.05, 3.63) is 41.6 Å². The minimum atomic E-state index is 0.568. The molecule has 4 nitrogen and oxygen atoms in total. The van der Waals surface area contributed by atoms with Gasteiger partial charge in [-0.1, -0.05) is 23.8 Å². The Hall–Kier alpha value is -1.65. The summed E-state index contributed by atoms with van der Waals surface area (Å²) in [6, 6.07) is 9.14. The van der Waals surface area contributed by atoms with Crippen molar-refractivity contribution in [1.82, 2.24) is 20.4 Å². The fraction of sp³-hybridized carbons (Fsp3) is 0.438. The normalized spacial score (nSPS) is 20.2. The van der Waals surface area contributed by atoms with Gasteiger partial charge in [-0.3, -0.25) is 10.00 Å². The van der Waals surface area contributed by atoms with Gasteiger partial charge in [0.25, 0.3) is 0 Å². The molecule has 4 heteroatoms. The van der Waals surface area contributed by atoms with Crippen LogP contribution in [0.1, 0.15) is 18.1 Å². The van der Waals surface area contributed by atoms with Gasteiger partial charge in [0, 0.05) is 43.3 Å². The van der Waals surface area contributed by atoms with Crippen LogP contribution in [0.5, 0.6) is 0 Å². The van der Waals surface area contributed by atoms with Gasteiger partial charge in [0.1, 0.15) is 0 Å². The second-order valence-corrected chi connectivity index (χ2v) is 5.73. The molecule has 1 aliphatic rings. The highest BCUT2D eigenvalue weighted by atomic mass is 15.2. The Morgan fingerprint density at radius 1 is 1.40 bits per heavy atom. The molecule has 106 valence electrons. The topological polar surface area (TPSA) is 44.0 Å². The van der Waals surface area contributed by atoms with Crippen molar-refractivity contribution in [3.63, 3.8) is 0 Å². The van der Waals surface area contributed by atoms with E-state index in [0.29, 0.717) is 6.04 Å². The molecule has 0 radical (unpaired) electrons. The number of piperazine rings is 1. The van der Waals surface area contributed by atoms with E-state index in [-0.39, 0.29) is 0 Å². The summed E-state index contributed by atoms with van der Waals surface area (Å²) >= 11 is 0. The Bertz CT molecular complexity index is 575. The molecule has 2 aromatic rings. The summed E-state index contributed by atoms with van der Waals surface area (Å²) in [4.78, 5) is 2.49. The number of nitrogens with one attached hydrogen (secondary N) is 2. The van der Waals surface area contributed by atoms with Crippen molar-refractivity contribution in [2.45, 2.75) is 26.4 Å². The molecule has 1 aromatic carbocycles. The van der Waals surface area contributed by atoms with Crippen LogP contribution in [-0.2, 0) is 6.54 Å². The van der Waals surface area contributed by atoms with Crippen molar-refractivity contribution in [1.29, 1.82) is 0 Å². The van der Waals surface area contributed by atoms with Gasteiger partial charge in [-0.05, 0) is 19.9 Å². The predicted molar refractivity (Wildman–Crippen MR) is 81.5 cm³/mol.